The Kier molecular flexibility index (Phi) is 8.17. The Morgan fingerprint density at radius 1 is 0.970 bits per heavy atom. The van der Waals surface area contributed by atoms with Crippen LogP contribution in [0, 0.1) is 0 Å². The molecule has 0 aliphatic carbocycles. The van der Waals surface area contributed by atoms with Crippen molar-refractivity contribution in [1.29, 1.82) is 0 Å². The summed E-state index contributed by atoms with van der Waals surface area (Å²) in [5.41, 5.74) is 3.41. The molecule has 170 valence electrons. The van der Waals surface area contributed by atoms with Crippen molar-refractivity contribution in [3.63, 3.8) is 0 Å². The zero-order chi connectivity index (χ0) is 23.8. The highest BCUT2D eigenvalue weighted by molar-refractivity contribution is 9.10. The first-order valence-corrected chi connectivity index (χ1v) is 10.5. The Hall–Kier alpha value is -3.69. The fraction of sp³-hybridized carbons (Fsp3) is 0.125. The van der Waals surface area contributed by atoms with Crippen LogP contribution in [0.15, 0.2) is 76.3 Å². The van der Waals surface area contributed by atoms with Gasteiger partial charge in [0.1, 0.15) is 5.75 Å². The summed E-state index contributed by atoms with van der Waals surface area (Å²) in [6.07, 6.45) is -0.0503. The molecule has 8 nitrogen and oxygen atoms in total. The molecule has 0 radical (unpaired) electrons. The number of amides is 1. The van der Waals surface area contributed by atoms with Gasteiger partial charge < -0.3 is 19.3 Å². The molecule has 0 aliphatic rings. The van der Waals surface area contributed by atoms with Crippen molar-refractivity contribution in [3.8, 4) is 17.2 Å². The number of carbonyl (C=O) groups excluding carboxylic acids is 2. The molecule has 0 spiro atoms. The maximum Gasteiger partial charge on any atom is 0.343 e. The van der Waals surface area contributed by atoms with Gasteiger partial charge in [-0.3, -0.25) is 4.79 Å². The van der Waals surface area contributed by atoms with Crippen LogP contribution in [0.2, 0.25) is 0 Å². The summed E-state index contributed by atoms with van der Waals surface area (Å²) in [6, 6.07) is 18.1. The minimum Gasteiger partial charge on any atom is -0.493 e. The number of carbonyl (C=O) groups is 2. The average molecular weight is 513 g/mol. The molecule has 1 atom stereocenters. The minimum absolute atomic E-state index is 0.222. The number of esters is 1. The van der Waals surface area contributed by atoms with Gasteiger partial charge in [-0.2, -0.15) is 5.10 Å². The van der Waals surface area contributed by atoms with Crippen molar-refractivity contribution in [2.45, 2.75) is 6.10 Å². The highest BCUT2D eigenvalue weighted by Gasteiger charge is 2.17. The number of aliphatic hydroxyl groups is 1. The lowest BCUT2D eigenvalue weighted by Gasteiger charge is -2.11. The van der Waals surface area contributed by atoms with E-state index in [4.69, 9.17) is 14.2 Å². The molecule has 2 N–H and O–H groups in total. The second-order valence-electron chi connectivity index (χ2n) is 6.69. The quantitative estimate of drug-likeness (QED) is 0.205. The SMILES string of the molecule is COc1ccc(C(=O)Oc2ccc(Br)cc2/C=N\NC(=O)[C@@H](O)c2ccccc2)cc1OC. The number of hydrogen-bond acceptors (Lipinski definition) is 7. The molecule has 3 rings (SSSR count). The molecular weight excluding hydrogens is 492 g/mol. The number of hydrazone groups is 1. The fourth-order valence-electron chi connectivity index (χ4n) is 2.85. The molecule has 0 saturated heterocycles. The number of rotatable bonds is 8. The van der Waals surface area contributed by atoms with Crippen LogP contribution >= 0.6 is 15.9 Å². The van der Waals surface area contributed by atoms with Crippen LogP contribution < -0.4 is 19.6 Å². The van der Waals surface area contributed by atoms with Gasteiger partial charge in [0, 0.05) is 10.0 Å². The van der Waals surface area contributed by atoms with Gasteiger partial charge in [0.2, 0.25) is 0 Å². The van der Waals surface area contributed by atoms with E-state index < -0.39 is 18.0 Å². The van der Waals surface area contributed by atoms with E-state index in [9.17, 15) is 14.7 Å². The molecule has 3 aromatic rings. The summed E-state index contributed by atoms with van der Waals surface area (Å²) < 4.78 is 16.6. The Morgan fingerprint density at radius 3 is 2.36 bits per heavy atom. The molecule has 33 heavy (non-hydrogen) atoms. The average Bonchev–Trinajstić information content (AvgIpc) is 2.84. The fourth-order valence-corrected chi connectivity index (χ4v) is 3.23. The zero-order valence-electron chi connectivity index (χ0n) is 17.8. The van der Waals surface area contributed by atoms with Crippen molar-refractivity contribution < 1.29 is 28.9 Å². The maximum absolute atomic E-state index is 12.7. The van der Waals surface area contributed by atoms with Crippen LogP contribution in [0.25, 0.3) is 0 Å². The van der Waals surface area contributed by atoms with Crippen molar-refractivity contribution >= 4 is 34.0 Å². The van der Waals surface area contributed by atoms with Gasteiger partial charge in [-0.1, -0.05) is 46.3 Å². The van der Waals surface area contributed by atoms with Crippen molar-refractivity contribution in [2.24, 2.45) is 5.10 Å². The van der Waals surface area contributed by atoms with Crippen LogP contribution in [0.5, 0.6) is 17.2 Å². The van der Waals surface area contributed by atoms with E-state index in [1.54, 1.807) is 60.7 Å². The van der Waals surface area contributed by atoms with Gasteiger partial charge in [0.05, 0.1) is 26.0 Å². The van der Waals surface area contributed by atoms with E-state index in [1.807, 2.05) is 0 Å². The summed E-state index contributed by atoms with van der Waals surface area (Å²) in [6.45, 7) is 0. The Labute approximate surface area is 198 Å². The molecule has 0 bridgehead atoms. The maximum atomic E-state index is 12.7. The lowest BCUT2D eigenvalue weighted by Crippen LogP contribution is -2.25. The van der Waals surface area contributed by atoms with Gasteiger partial charge in [-0.25, -0.2) is 10.2 Å². The molecule has 0 fully saturated rings. The molecule has 0 aliphatic heterocycles. The number of hydrogen-bond donors (Lipinski definition) is 2. The van der Waals surface area contributed by atoms with Crippen LogP contribution in [-0.2, 0) is 4.79 Å². The number of aliphatic hydroxyl groups excluding tert-OH is 1. The largest absolute Gasteiger partial charge is 0.493 e. The molecular formula is C24H21BrN2O6. The van der Waals surface area contributed by atoms with Crippen molar-refractivity contribution in [3.05, 3.63) is 87.9 Å². The minimum atomic E-state index is -1.37. The molecule has 0 saturated carbocycles. The highest BCUT2D eigenvalue weighted by atomic mass is 79.9. The van der Waals surface area contributed by atoms with Gasteiger partial charge in [-0.15, -0.1) is 0 Å². The Balaban J connectivity index is 1.74. The van der Waals surface area contributed by atoms with Crippen molar-refractivity contribution in [2.75, 3.05) is 14.2 Å². The number of methoxy groups -OCH3 is 2. The van der Waals surface area contributed by atoms with E-state index in [0.717, 1.165) is 0 Å². The first-order valence-electron chi connectivity index (χ1n) is 9.72. The van der Waals surface area contributed by atoms with E-state index >= 15 is 0 Å². The number of nitrogens with zero attached hydrogens (tertiary/aromatic N) is 1. The van der Waals surface area contributed by atoms with E-state index in [2.05, 4.69) is 26.5 Å². The Bertz CT molecular complexity index is 1170. The van der Waals surface area contributed by atoms with Crippen LogP contribution in [0.1, 0.15) is 27.6 Å². The predicted octanol–water partition coefficient (Wildman–Crippen LogP) is 3.87. The summed E-state index contributed by atoms with van der Waals surface area (Å²) in [5.74, 6) is -0.212. The number of ether oxygens (including phenoxy) is 3. The molecule has 1 amide bonds. The van der Waals surface area contributed by atoms with Crippen LogP contribution in [-0.4, -0.2) is 37.4 Å². The number of halogens is 1. The number of nitrogens with one attached hydrogen (secondary N) is 1. The third-order valence-corrected chi connectivity index (χ3v) is 5.03. The third-order valence-electron chi connectivity index (χ3n) is 4.54. The second kappa shape index (κ2) is 11.3. The molecule has 3 aromatic carbocycles. The molecule has 9 heteroatoms. The first-order chi connectivity index (χ1) is 15.9. The molecule has 0 unspecified atom stereocenters. The van der Waals surface area contributed by atoms with Gasteiger partial charge >= 0.3 is 5.97 Å². The second-order valence-corrected chi connectivity index (χ2v) is 7.60. The first kappa shape index (κ1) is 24.0. The predicted molar refractivity (Wildman–Crippen MR) is 126 cm³/mol. The monoisotopic (exact) mass is 512 g/mol. The lowest BCUT2D eigenvalue weighted by atomic mass is 10.1. The van der Waals surface area contributed by atoms with E-state index in [1.165, 1.54) is 26.5 Å². The van der Waals surface area contributed by atoms with Crippen LogP contribution in [0.3, 0.4) is 0 Å². The zero-order valence-corrected chi connectivity index (χ0v) is 19.4. The normalized spacial score (nSPS) is 11.6. The smallest absolute Gasteiger partial charge is 0.343 e. The topological polar surface area (TPSA) is 106 Å². The summed E-state index contributed by atoms with van der Waals surface area (Å²) in [7, 11) is 2.97. The standard InChI is InChI=1S/C24H21BrN2O6/c1-31-20-10-8-16(13-21(20)32-2)24(30)33-19-11-9-18(25)12-17(19)14-26-27-23(29)22(28)15-6-4-3-5-7-15/h3-14,22,28H,1-2H3,(H,27,29)/b26-14-/t22-/m0/s1. The Morgan fingerprint density at radius 2 is 1.67 bits per heavy atom. The lowest BCUT2D eigenvalue weighted by molar-refractivity contribution is -0.129. The van der Waals surface area contributed by atoms with E-state index in [0.29, 0.717) is 27.1 Å². The highest BCUT2D eigenvalue weighted by Crippen LogP contribution is 2.29. The third kappa shape index (κ3) is 6.18. The van der Waals surface area contributed by atoms with Crippen molar-refractivity contribution in [1.82, 2.24) is 5.43 Å². The van der Waals surface area contributed by atoms with Gasteiger partial charge in [-0.05, 0) is 42.0 Å². The molecule has 0 heterocycles. The summed E-state index contributed by atoms with van der Waals surface area (Å²) in [5, 5.41) is 14.0. The summed E-state index contributed by atoms with van der Waals surface area (Å²) >= 11 is 3.36. The van der Waals surface area contributed by atoms with E-state index in [-0.39, 0.29) is 11.3 Å². The summed E-state index contributed by atoms with van der Waals surface area (Å²) in [4.78, 5) is 24.8. The van der Waals surface area contributed by atoms with Gasteiger partial charge in [0.25, 0.3) is 5.91 Å². The molecule has 0 aromatic heterocycles. The van der Waals surface area contributed by atoms with Crippen LogP contribution in [0.4, 0.5) is 0 Å². The van der Waals surface area contributed by atoms with Gasteiger partial charge in [0.15, 0.2) is 17.6 Å². The number of benzene rings is 3.